The summed E-state index contributed by atoms with van der Waals surface area (Å²) in [5, 5.41) is 5.34. The number of hydrogen-bond donors (Lipinski definition) is 1. The standard InChI is InChI=1S/C19H19N5O3S/c1-26-15-8-12-4-7-24(10-13(12)9-16(15)27-2)17(25)14-11-28-19(22-14)23-18-20-5-3-6-21-18/h3,5-6,8-9,11H,4,7,10H2,1-2H3,(H,20,21,22,23). The predicted octanol–water partition coefficient (Wildman–Crippen LogP) is 2.89. The monoisotopic (exact) mass is 397 g/mol. The van der Waals surface area contributed by atoms with E-state index in [2.05, 4.69) is 20.3 Å². The largest absolute Gasteiger partial charge is 0.493 e. The van der Waals surface area contributed by atoms with E-state index in [4.69, 9.17) is 9.47 Å². The molecule has 0 saturated carbocycles. The first kappa shape index (κ1) is 18.2. The number of aromatic nitrogens is 3. The summed E-state index contributed by atoms with van der Waals surface area (Å²) in [6.07, 6.45) is 4.04. The van der Waals surface area contributed by atoms with Crippen LogP contribution in [0.3, 0.4) is 0 Å². The van der Waals surface area contributed by atoms with Gasteiger partial charge >= 0.3 is 0 Å². The quantitative estimate of drug-likeness (QED) is 0.708. The Hall–Kier alpha value is -3.20. The van der Waals surface area contributed by atoms with Crippen LogP contribution in [0.5, 0.6) is 11.5 Å². The molecule has 0 saturated heterocycles. The van der Waals surface area contributed by atoms with E-state index in [1.54, 1.807) is 43.0 Å². The van der Waals surface area contributed by atoms with Crippen molar-refractivity contribution in [3.63, 3.8) is 0 Å². The van der Waals surface area contributed by atoms with Crippen LogP contribution in [0.1, 0.15) is 21.6 Å². The van der Waals surface area contributed by atoms with Crippen LogP contribution >= 0.6 is 11.3 Å². The molecule has 1 amide bonds. The average Bonchev–Trinajstić information content (AvgIpc) is 3.20. The lowest BCUT2D eigenvalue weighted by atomic mass is 9.98. The van der Waals surface area contributed by atoms with E-state index in [9.17, 15) is 4.79 Å². The lowest BCUT2D eigenvalue weighted by Gasteiger charge is -2.29. The maximum atomic E-state index is 12.9. The fourth-order valence-electron chi connectivity index (χ4n) is 3.11. The van der Waals surface area contributed by atoms with Gasteiger partial charge in [0.2, 0.25) is 5.95 Å². The van der Waals surface area contributed by atoms with Crippen LogP contribution in [0.15, 0.2) is 36.0 Å². The number of nitrogens with zero attached hydrogens (tertiary/aromatic N) is 4. The third-order valence-electron chi connectivity index (χ3n) is 4.51. The molecular formula is C19H19N5O3S. The SMILES string of the molecule is COc1cc2c(cc1OC)CN(C(=O)c1csc(Nc3ncccn3)n1)CC2. The Morgan fingerprint density at radius 1 is 1.14 bits per heavy atom. The summed E-state index contributed by atoms with van der Waals surface area (Å²) in [6, 6.07) is 5.66. The summed E-state index contributed by atoms with van der Waals surface area (Å²) in [6.45, 7) is 1.14. The number of carbonyl (C=O) groups is 1. The summed E-state index contributed by atoms with van der Waals surface area (Å²) in [5.41, 5.74) is 2.64. The van der Waals surface area contributed by atoms with Crippen molar-refractivity contribution in [2.24, 2.45) is 0 Å². The van der Waals surface area contributed by atoms with Crippen molar-refractivity contribution < 1.29 is 14.3 Å². The predicted molar refractivity (Wildman–Crippen MR) is 105 cm³/mol. The molecular weight excluding hydrogens is 378 g/mol. The third kappa shape index (κ3) is 3.61. The zero-order chi connectivity index (χ0) is 19.5. The second kappa shape index (κ2) is 7.81. The Kier molecular flexibility index (Phi) is 5.07. The number of anilines is 2. The van der Waals surface area contributed by atoms with Crippen molar-refractivity contribution in [2.45, 2.75) is 13.0 Å². The van der Waals surface area contributed by atoms with Gasteiger partial charge in [0.15, 0.2) is 16.6 Å². The van der Waals surface area contributed by atoms with Crippen LogP contribution in [-0.4, -0.2) is 46.5 Å². The molecule has 2 aromatic heterocycles. The lowest BCUT2D eigenvalue weighted by molar-refractivity contribution is 0.0729. The molecule has 0 spiro atoms. The van der Waals surface area contributed by atoms with Gasteiger partial charge in [0.25, 0.3) is 5.91 Å². The molecule has 3 aromatic rings. The second-order valence-corrected chi connectivity index (χ2v) is 7.05. The Labute approximate surface area is 166 Å². The molecule has 1 aromatic carbocycles. The molecule has 0 radical (unpaired) electrons. The number of nitrogens with one attached hydrogen (secondary N) is 1. The summed E-state index contributed by atoms with van der Waals surface area (Å²) in [4.78, 5) is 27.3. The first-order valence-corrected chi connectivity index (χ1v) is 9.58. The van der Waals surface area contributed by atoms with E-state index >= 15 is 0 Å². The van der Waals surface area contributed by atoms with Gasteiger partial charge in [-0.2, -0.15) is 0 Å². The van der Waals surface area contributed by atoms with Crippen molar-refractivity contribution in [3.8, 4) is 11.5 Å². The Morgan fingerprint density at radius 3 is 2.57 bits per heavy atom. The number of carbonyl (C=O) groups excluding carboxylic acids is 1. The topological polar surface area (TPSA) is 89.5 Å². The number of amides is 1. The third-order valence-corrected chi connectivity index (χ3v) is 5.27. The number of hydrogen-bond acceptors (Lipinski definition) is 8. The minimum Gasteiger partial charge on any atom is -0.493 e. The normalized spacial score (nSPS) is 13.0. The highest BCUT2D eigenvalue weighted by Crippen LogP contribution is 2.33. The van der Waals surface area contributed by atoms with E-state index in [1.165, 1.54) is 16.9 Å². The molecule has 0 unspecified atom stereocenters. The fourth-order valence-corrected chi connectivity index (χ4v) is 3.79. The lowest BCUT2D eigenvalue weighted by Crippen LogP contribution is -2.36. The summed E-state index contributed by atoms with van der Waals surface area (Å²) in [5.74, 6) is 1.72. The molecule has 1 N–H and O–H groups in total. The van der Waals surface area contributed by atoms with Crippen molar-refractivity contribution >= 4 is 28.3 Å². The molecule has 3 heterocycles. The highest BCUT2D eigenvalue weighted by atomic mass is 32.1. The minimum absolute atomic E-state index is 0.0984. The molecule has 0 aliphatic carbocycles. The average molecular weight is 397 g/mol. The maximum absolute atomic E-state index is 12.9. The van der Waals surface area contributed by atoms with Crippen molar-refractivity contribution in [1.29, 1.82) is 0 Å². The van der Waals surface area contributed by atoms with Gasteiger partial charge in [-0.1, -0.05) is 0 Å². The highest BCUT2D eigenvalue weighted by Gasteiger charge is 2.25. The zero-order valence-corrected chi connectivity index (χ0v) is 16.3. The summed E-state index contributed by atoms with van der Waals surface area (Å²) >= 11 is 1.35. The molecule has 28 heavy (non-hydrogen) atoms. The number of ether oxygens (including phenoxy) is 2. The number of rotatable bonds is 5. The smallest absolute Gasteiger partial charge is 0.273 e. The van der Waals surface area contributed by atoms with Gasteiger partial charge in [0.1, 0.15) is 5.69 Å². The van der Waals surface area contributed by atoms with Crippen LogP contribution in [0.2, 0.25) is 0 Å². The minimum atomic E-state index is -0.0984. The van der Waals surface area contributed by atoms with Gasteiger partial charge in [0.05, 0.1) is 14.2 Å². The van der Waals surface area contributed by atoms with E-state index in [0.717, 1.165) is 12.0 Å². The fraction of sp³-hybridized carbons (Fsp3) is 0.263. The molecule has 0 bridgehead atoms. The van der Waals surface area contributed by atoms with Crippen LogP contribution in [0, 0.1) is 0 Å². The molecule has 9 heteroatoms. The van der Waals surface area contributed by atoms with Crippen LogP contribution in [0.4, 0.5) is 11.1 Å². The molecule has 0 atom stereocenters. The van der Waals surface area contributed by atoms with Crippen molar-refractivity contribution in [3.05, 3.63) is 52.8 Å². The van der Waals surface area contributed by atoms with E-state index in [-0.39, 0.29) is 5.91 Å². The number of methoxy groups -OCH3 is 2. The van der Waals surface area contributed by atoms with Gasteiger partial charge in [-0.3, -0.25) is 4.79 Å². The first-order valence-electron chi connectivity index (χ1n) is 8.70. The molecule has 1 aliphatic rings. The maximum Gasteiger partial charge on any atom is 0.273 e. The van der Waals surface area contributed by atoms with Gasteiger partial charge in [-0.05, 0) is 35.7 Å². The zero-order valence-electron chi connectivity index (χ0n) is 15.5. The van der Waals surface area contributed by atoms with Crippen LogP contribution < -0.4 is 14.8 Å². The summed E-state index contributed by atoms with van der Waals surface area (Å²) < 4.78 is 10.7. The number of benzene rings is 1. The molecule has 0 fully saturated rings. The second-order valence-electron chi connectivity index (χ2n) is 6.19. The summed E-state index contributed by atoms with van der Waals surface area (Å²) in [7, 11) is 3.23. The van der Waals surface area contributed by atoms with Crippen LogP contribution in [-0.2, 0) is 13.0 Å². The Balaban J connectivity index is 1.49. The van der Waals surface area contributed by atoms with Crippen molar-refractivity contribution in [1.82, 2.24) is 19.9 Å². The van der Waals surface area contributed by atoms with Crippen LogP contribution in [0.25, 0.3) is 0 Å². The highest BCUT2D eigenvalue weighted by molar-refractivity contribution is 7.14. The number of thiazole rings is 1. The molecule has 1 aliphatic heterocycles. The van der Waals surface area contributed by atoms with Gasteiger partial charge in [0, 0.05) is 30.9 Å². The molecule has 8 nitrogen and oxygen atoms in total. The first-order chi connectivity index (χ1) is 13.7. The van der Waals surface area contributed by atoms with E-state index in [1.807, 2.05) is 12.1 Å². The molecule has 144 valence electrons. The van der Waals surface area contributed by atoms with Gasteiger partial charge in [-0.15, -0.1) is 11.3 Å². The van der Waals surface area contributed by atoms with E-state index < -0.39 is 0 Å². The van der Waals surface area contributed by atoms with Crippen molar-refractivity contribution in [2.75, 3.05) is 26.1 Å². The van der Waals surface area contributed by atoms with Gasteiger partial charge in [-0.25, -0.2) is 15.0 Å². The number of fused-ring (bicyclic) bond motifs is 1. The van der Waals surface area contributed by atoms with E-state index in [0.29, 0.717) is 41.4 Å². The molecule has 4 rings (SSSR count). The Bertz CT molecular complexity index is 992. The Morgan fingerprint density at radius 2 is 1.86 bits per heavy atom. The van der Waals surface area contributed by atoms with Gasteiger partial charge < -0.3 is 19.7 Å².